The molecule has 1 aromatic carbocycles. The van der Waals surface area contributed by atoms with Gasteiger partial charge >= 0.3 is 0 Å². The summed E-state index contributed by atoms with van der Waals surface area (Å²) in [6, 6.07) is 10.2. The fourth-order valence-corrected chi connectivity index (χ4v) is 2.58. The summed E-state index contributed by atoms with van der Waals surface area (Å²) in [5.74, 6) is 1.70. The molecule has 0 saturated carbocycles. The highest BCUT2D eigenvalue weighted by atomic mass is 16.5. The molecule has 0 saturated heterocycles. The first-order valence-electron chi connectivity index (χ1n) is 6.65. The van der Waals surface area contributed by atoms with Crippen molar-refractivity contribution < 1.29 is 9.47 Å². The second kappa shape index (κ2) is 5.04. The first-order valence-corrected chi connectivity index (χ1v) is 6.65. The van der Waals surface area contributed by atoms with E-state index < -0.39 is 0 Å². The van der Waals surface area contributed by atoms with Crippen LogP contribution in [0.2, 0.25) is 0 Å². The second-order valence-electron chi connectivity index (χ2n) is 5.06. The highest BCUT2D eigenvalue weighted by molar-refractivity contribution is 5.63. The Labute approximate surface area is 119 Å². The number of methoxy groups -OCH3 is 1. The van der Waals surface area contributed by atoms with Crippen LogP contribution in [-0.4, -0.2) is 18.8 Å². The maximum absolute atomic E-state index is 5.72. The lowest BCUT2D eigenvalue weighted by molar-refractivity contribution is 0.342. The van der Waals surface area contributed by atoms with E-state index in [0.717, 1.165) is 35.1 Å². The van der Waals surface area contributed by atoms with Crippen molar-refractivity contribution in [2.45, 2.75) is 20.4 Å². The largest absolute Gasteiger partial charge is 0.497 e. The van der Waals surface area contributed by atoms with Crippen molar-refractivity contribution in [1.82, 2.24) is 4.98 Å². The predicted molar refractivity (Wildman–Crippen MR) is 78.4 cm³/mol. The number of hydrogen-bond acceptors (Lipinski definition) is 4. The smallest absolute Gasteiger partial charge is 0.162 e. The number of ether oxygens (including phenoxy) is 2. The molecule has 0 atom stereocenters. The number of aromatic nitrogens is 1. The van der Waals surface area contributed by atoms with E-state index in [4.69, 9.17) is 9.47 Å². The zero-order valence-corrected chi connectivity index (χ0v) is 12.0. The maximum Gasteiger partial charge on any atom is 0.162 e. The minimum Gasteiger partial charge on any atom is -0.497 e. The Kier molecular flexibility index (Phi) is 3.22. The maximum atomic E-state index is 5.72. The van der Waals surface area contributed by atoms with Gasteiger partial charge in [-0.05, 0) is 43.7 Å². The monoisotopic (exact) mass is 270 g/mol. The van der Waals surface area contributed by atoms with Crippen molar-refractivity contribution in [3.05, 3.63) is 47.3 Å². The third kappa shape index (κ3) is 2.41. The third-order valence-corrected chi connectivity index (χ3v) is 3.40. The minimum atomic E-state index is 0.572. The number of nitrogens with zero attached hydrogens (tertiary/aromatic N) is 2. The molecule has 2 heterocycles. The van der Waals surface area contributed by atoms with Gasteiger partial charge in [0.2, 0.25) is 0 Å². The normalized spacial score (nSPS) is 13.1. The van der Waals surface area contributed by atoms with Crippen molar-refractivity contribution in [2.75, 3.05) is 18.7 Å². The average Bonchev–Trinajstić information content (AvgIpc) is 2.80. The van der Waals surface area contributed by atoms with E-state index >= 15 is 0 Å². The molecule has 0 N–H and O–H groups in total. The second-order valence-corrected chi connectivity index (χ2v) is 5.06. The first-order chi connectivity index (χ1) is 9.65. The van der Waals surface area contributed by atoms with Crippen LogP contribution in [0.4, 0.5) is 5.69 Å². The Morgan fingerprint density at radius 1 is 1.20 bits per heavy atom. The van der Waals surface area contributed by atoms with E-state index in [1.165, 1.54) is 5.56 Å². The quantitative estimate of drug-likeness (QED) is 0.858. The van der Waals surface area contributed by atoms with Crippen molar-refractivity contribution >= 4 is 5.69 Å². The molecule has 20 heavy (non-hydrogen) atoms. The van der Waals surface area contributed by atoms with Crippen LogP contribution in [0, 0.1) is 13.8 Å². The van der Waals surface area contributed by atoms with Crippen LogP contribution in [0.15, 0.2) is 30.3 Å². The van der Waals surface area contributed by atoms with Gasteiger partial charge in [-0.2, -0.15) is 0 Å². The van der Waals surface area contributed by atoms with Crippen LogP contribution >= 0.6 is 0 Å². The van der Waals surface area contributed by atoms with E-state index in [0.29, 0.717) is 6.73 Å². The molecule has 0 amide bonds. The van der Waals surface area contributed by atoms with Crippen LogP contribution in [0.1, 0.15) is 17.0 Å². The zero-order valence-electron chi connectivity index (χ0n) is 12.0. The summed E-state index contributed by atoms with van der Waals surface area (Å²) >= 11 is 0. The molecular weight excluding hydrogens is 252 g/mol. The molecule has 1 aromatic heterocycles. The lowest BCUT2D eigenvalue weighted by Gasteiger charge is -2.17. The Hall–Kier alpha value is -2.23. The standard InChI is InChI=1S/C16H18N2O2/c1-11-6-13(7-12(2)17-11)9-18-10-20-16-8-14(19-3)4-5-15(16)18/h4-8H,9-10H2,1-3H3. The molecule has 0 radical (unpaired) electrons. The summed E-state index contributed by atoms with van der Waals surface area (Å²) in [7, 11) is 1.66. The van der Waals surface area contributed by atoms with E-state index in [9.17, 15) is 0 Å². The number of aryl methyl sites for hydroxylation is 2. The van der Waals surface area contributed by atoms with Crippen molar-refractivity contribution in [3.63, 3.8) is 0 Å². The number of fused-ring (bicyclic) bond motifs is 1. The van der Waals surface area contributed by atoms with Gasteiger partial charge in [0, 0.05) is 24.0 Å². The van der Waals surface area contributed by atoms with Gasteiger partial charge in [-0.3, -0.25) is 4.98 Å². The summed E-state index contributed by atoms with van der Waals surface area (Å²) in [6.45, 7) is 5.44. The summed E-state index contributed by atoms with van der Waals surface area (Å²) in [5.41, 5.74) is 4.46. The highest BCUT2D eigenvalue weighted by Gasteiger charge is 2.21. The summed E-state index contributed by atoms with van der Waals surface area (Å²) in [6.07, 6.45) is 0. The van der Waals surface area contributed by atoms with Crippen molar-refractivity contribution in [3.8, 4) is 11.5 Å². The van der Waals surface area contributed by atoms with Gasteiger partial charge in [0.25, 0.3) is 0 Å². The van der Waals surface area contributed by atoms with E-state index in [-0.39, 0.29) is 0 Å². The van der Waals surface area contributed by atoms with Crippen molar-refractivity contribution in [1.29, 1.82) is 0 Å². The van der Waals surface area contributed by atoms with Gasteiger partial charge in [0.1, 0.15) is 11.5 Å². The molecular formula is C16H18N2O2. The molecule has 0 unspecified atom stereocenters. The highest BCUT2D eigenvalue weighted by Crippen LogP contribution is 2.37. The van der Waals surface area contributed by atoms with Gasteiger partial charge in [0.05, 0.1) is 12.8 Å². The van der Waals surface area contributed by atoms with Crippen LogP contribution < -0.4 is 14.4 Å². The fourth-order valence-electron chi connectivity index (χ4n) is 2.58. The summed E-state index contributed by atoms with van der Waals surface area (Å²) in [5, 5.41) is 0. The number of pyridine rings is 1. The van der Waals surface area contributed by atoms with Gasteiger partial charge in [-0.1, -0.05) is 0 Å². The molecule has 1 aliphatic heterocycles. The third-order valence-electron chi connectivity index (χ3n) is 3.40. The molecule has 0 fully saturated rings. The number of benzene rings is 1. The minimum absolute atomic E-state index is 0.572. The zero-order chi connectivity index (χ0) is 14.1. The Balaban J connectivity index is 1.84. The molecule has 1 aliphatic rings. The number of anilines is 1. The Morgan fingerprint density at radius 3 is 2.65 bits per heavy atom. The average molecular weight is 270 g/mol. The van der Waals surface area contributed by atoms with E-state index in [1.807, 2.05) is 32.0 Å². The molecule has 4 nitrogen and oxygen atoms in total. The topological polar surface area (TPSA) is 34.6 Å². The fraction of sp³-hybridized carbons (Fsp3) is 0.312. The molecule has 0 aliphatic carbocycles. The number of hydrogen-bond donors (Lipinski definition) is 0. The van der Waals surface area contributed by atoms with Crippen LogP contribution in [0.25, 0.3) is 0 Å². The van der Waals surface area contributed by atoms with Crippen LogP contribution in [0.5, 0.6) is 11.5 Å². The van der Waals surface area contributed by atoms with E-state index in [1.54, 1.807) is 7.11 Å². The molecule has 3 rings (SSSR count). The summed E-state index contributed by atoms with van der Waals surface area (Å²) in [4.78, 5) is 6.62. The molecule has 104 valence electrons. The lowest BCUT2D eigenvalue weighted by Crippen LogP contribution is -2.21. The van der Waals surface area contributed by atoms with Gasteiger partial charge in [0.15, 0.2) is 6.73 Å². The summed E-state index contributed by atoms with van der Waals surface area (Å²) < 4.78 is 10.9. The molecule has 0 bridgehead atoms. The van der Waals surface area contributed by atoms with Crippen LogP contribution in [0.3, 0.4) is 0 Å². The number of rotatable bonds is 3. The first kappa shape index (κ1) is 12.8. The predicted octanol–water partition coefficient (Wildman–Crippen LogP) is 3.06. The van der Waals surface area contributed by atoms with Crippen molar-refractivity contribution in [2.24, 2.45) is 0 Å². The molecule has 0 spiro atoms. The SMILES string of the molecule is COc1ccc2c(c1)OCN2Cc1cc(C)nc(C)c1. The Morgan fingerprint density at radius 2 is 1.95 bits per heavy atom. The van der Waals surface area contributed by atoms with E-state index in [2.05, 4.69) is 22.0 Å². The van der Waals surface area contributed by atoms with Gasteiger partial charge in [-0.15, -0.1) is 0 Å². The van der Waals surface area contributed by atoms with Crippen LogP contribution in [-0.2, 0) is 6.54 Å². The van der Waals surface area contributed by atoms with Gasteiger partial charge in [-0.25, -0.2) is 0 Å². The molecule has 2 aromatic rings. The van der Waals surface area contributed by atoms with Gasteiger partial charge < -0.3 is 14.4 Å². The molecule has 4 heteroatoms. The Bertz CT molecular complexity index is 620. The lowest BCUT2D eigenvalue weighted by atomic mass is 10.2.